The van der Waals surface area contributed by atoms with E-state index < -0.39 is 0 Å². The molecule has 164 valence electrons. The minimum atomic E-state index is -0.318. The zero-order valence-corrected chi connectivity index (χ0v) is 18.8. The first-order valence-corrected chi connectivity index (χ1v) is 10.5. The molecule has 0 saturated carbocycles. The summed E-state index contributed by atoms with van der Waals surface area (Å²) in [4.78, 5) is 27.9. The van der Waals surface area contributed by atoms with E-state index in [-0.39, 0.29) is 17.9 Å². The van der Waals surface area contributed by atoms with Gasteiger partial charge in [-0.1, -0.05) is 24.3 Å². The maximum Gasteiger partial charge on any atom is 0.278 e. The Labute approximate surface area is 183 Å². The molecule has 31 heavy (non-hydrogen) atoms. The monoisotopic (exact) mass is 422 g/mol. The van der Waals surface area contributed by atoms with Crippen LogP contribution in [0, 0.1) is 13.8 Å². The molecule has 2 aromatic rings. The van der Waals surface area contributed by atoms with Crippen molar-refractivity contribution in [3.8, 4) is 5.75 Å². The lowest BCUT2D eigenvalue weighted by Gasteiger charge is -2.16. The Morgan fingerprint density at radius 1 is 1.00 bits per heavy atom. The summed E-state index contributed by atoms with van der Waals surface area (Å²) in [5.74, 6) is 0.0710. The third kappa shape index (κ3) is 5.14. The molecule has 6 nitrogen and oxygen atoms in total. The Morgan fingerprint density at radius 2 is 1.71 bits per heavy atom. The third-order valence-electron chi connectivity index (χ3n) is 5.18. The first kappa shape index (κ1) is 22.6. The molecular formula is C25H30N2O4. The molecule has 0 unspecified atom stereocenters. The zero-order valence-electron chi connectivity index (χ0n) is 18.8. The van der Waals surface area contributed by atoms with E-state index in [0.29, 0.717) is 42.2 Å². The number of hydrogen-bond acceptors (Lipinski definition) is 5. The molecule has 1 heterocycles. The van der Waals surface area contributed by atoms with Gasteiger partial charge in [0.25, 0.3) is 11.8 Å². The van der Waals surface area contributed by atoms with E-state index >= 15 is 0 Å². The van der Waals surface area contributed by atoms with E-state index in [0.717, 1.165) is 16.8 Å². The van der Waals surface area contributed by atoms with Crippen LogP contribution in [-0.2, 0) is 14.3 Å². The maximum absolute atomic E-state index is 13.3. The van der Waals surface area contributed by atoms with Crippen LogP contribution in [0.25, 0.3) is 5.57 Å². The van der Waals surface area contributed by atoms with E-state index in [1.165, 1.54) is 4.90 Å². The number of imide groups is 1. The normalized spacial score (nSPS) is 14.1. The van der Waals surface area contributed by atoms with Crippen molar-refractivity contribution in [2.45, 2.75) is 40.2 Å². The summed E-state index contributed by atoms with van der Waals surface area (Å²) in [5.41, 5.74) is 4.22. The summed E-state index contributed by atoms with van der Waals surface area (Å²) in [6, 6.07) is 13.2. The van der Waals surface area contributed by atoms with Crippen LogP contribution in [0.4, 0.5) is 5.69 Å². The fourth-order valence-electron chi connectivity index (χ4n) is 3.47. The maximum atomic E-state index is 13.3. The summed E-state index contributed by atoms with van der Waals surface area (Å²) in [6.45, 7) is 8.68. The minimum Gasteiger partial charge on any atom is -0.497 e. The second-order valence-corrected chi connectivity index (χ2v) is 7.96. The van der Waals surface area contributed by atoms with Crippen molar-refractivity contribution in [1.82, 2.24) is 4.90 Å². The molecule has 0 radical (unpaired) electrons. The van der Waals surface area contributed by atoms with Crippen molar-refractivity contribution in [1.29, 1.82) is 0 Å². The molecule has 0 fully saturated rings. The lowest BCUT2D eigenvalue weighted by molar-refractivity contribution is -0.137. The van der Waals surface area contributed by atoms with Crippen molar-refractivity contribution in [3.63, 3.8) is 0 Å². The number of ether oxygens (including phenoxy) is 2. The Balaban J connectivity index is 1.94. The minimum absolute atomic E-state index is 0.111. The van der Waals surface area contributed by atoms with E-state index in [4.69, 9.17) is 9.47 Å². The SMILES string of the molecule is COc1ccc(C2=C(Nc3cc(C)ccc3C)C(=O)N(CCCOC(C)C)C2=O)cc1. The number of nitrogens with one attached hydrogen (secondary N) is 1. The van der Waals surface area contributed by atoms with E-state index in [1.54, 1.807) is 31.4 Å². The number of methoxy groups -OCH3 is 1. The van der Waals surface area contributed by atoms with Gasteiger partial charge in [-0.15, -0.1) is 0 Å². The van der Waals surface area contributed by atoms with Gasteiger partial charge in [0.2, 0.25) is 0 Å². The highest BCUT2D eigenvalue weighted by atomic mass is 16.5. The molecule has 3 rings (SSSR count). The predicted octanol–water partition coefficient (Wildman–Crippen LogP) is 4.32. The number of benzene rings is 2. The summed E-state index contributed by atoms with van der Waals surface area (Å²) in [5, 5.41) is 3.25. The average molecular weight is 423 g/mol. The van der Waals surface area contributed by atoms with Gasteiger partial charge >= 0.3 is 0 Å². The Morgan fingerprint density at radius 3 is 2.35 bits per heavy atom. The molecule has 1 N–H and O–H groups in total. The lowest BCUT2D eigenvalue weighted by Crippen LogP contribution is -2.34. The number of rotatable bonds is 9. The fraction of sp³-hybridized carbons (Fsp3) is 0.360. The quantitative estimate of drug-likeness (QED) is 0.482. The molecule has 6 heteroatoms. The number of hydrogen-bond donors (Lipinski definition) is 1. The number of amides is 2. The van der Waals surface area contributed by atoms with Gasteiger partial charge in [0.05, 0.1) is 18.8 Å². The van der Waals surface area contributed by atoms with Crippen LogP contribution in [-0.4, -0.2) is 43.1 Å². The molecule has 0 saturated heterocycles. The second kappa shape index (κ2) is 9.79. The van der Waals surface area contributed by atoms with Crippen molar-refractivity contribution in [3.05, 3.63) is 64.9 Å². The van der Waals surface area contributed by atoms with Crippen LogP contribution in [0.5, 0.6) is 5.75 Å². The van der Waals surface area contributed by atoms with Gasteiger partial charge in [-0.2, -0.15) is 0 Å². The number of nitrogens with zero attached hydrogens (tertiary/aromatic N) is 1. The van der Waals surface area contributed by atoms with Gasteiger partial charge in [0, 0.05) is 18.8 Å². The largest absolute Gasteiger partial charge is 0.497 e. The Kier molecular flexibility index (Phi) is 7.13. The fourth-order valence-corrected chi connectivity index (χ4v) is 3.47. The number of aryl methyl sites for hydroxylation is 2. The molecule has 1 aliphatic rings. The van der Waals surface area contributed by atoms with Gasteiger partial charge in [-0.05, 0) is 69.0 Å². The van der Waals surface area contributed by atoms with Crippen LogP contribution in [0.2, 0.25) is 0 Å². The highest BCUT2D eigenvalue weighted by Gasteiger charge is 2.39. The van der Waals surface area contributed by atoms with Crippen LogP contribution in [0.1, 0.15) is 37.0 Å². The highest BCUT2D eigenvalue weighted by molar-refractivity contribution is 6.36. The molecule has 0 bridgehead atoms. The summed E-state index contributed by atoms with van der Waals surface area (Å²) in [7, 11) is 1.59. The van der Waals surface area contributed by atoms with Gasteiger partial charge in [-0.25, -0.2) is 0 Å². The smallest absolute Gasteiger partial charge is 0.278 e. The Bertz CT molecular complexity index is 993. The molecule has 0 aliphatic carbocycles. The third-order valence-corrected chi connectivity index (χ3v) is 5.18. The molecular weight excluding hydrogens is 392 g/mol. The van der Waals surface area contributed by atoms with Crippen molar-refractivity contribution >= 4 is 23.1 Å². The van der Waals surface area contributed by atoms with Gasteiger partial charge in [-0.3, -0.25) is 14.5 Å². The Hall–Kier alpha value is -3.12. The first-order valence-electron chi connectivity index (χ1n) is 10.5. The topological polar surface area (TPSA) is 67.9 Å². The van der Waals surface area contributed by atoms with Crippen LogP contribution >= 0.6 is 0 Å². The average Bonchev–Trinajstić information content (AvgIpc) is 2.97. The van der Waals surface area contributed by atoms with Crippen LogP contribution in [0.3, 0.4) is 0 Å². The van der Waals surface area contributed by atoms with Gasteiger partial charge < -0.3 is 14.8 Å². The summed E-state index contributed by atoms with van der Waals surface area (Å²) in [6.07, 6.45) is 0.696. The van der Waals surface area contributed by atoms with Crippen molar-refractivity contribution < 1.29 is 19.1 Å². The number of carbonyl (C=O) groups excluding carboxylic acids is 2. The molecule has 2 aromatic carbocycles. The molecule has 1 aliphatic heterocycles. The zero-order chi connectivity index (χ0) is 22.5. The van der Waals surface area contributed by atoms with Gasteiger partial charge in [0.15, 0.2) is 0 Å². The van der Waals surface area contributed by atoms with Crippen LogP contribution < -0.4 is 10.1 Å². The first-order chi connectivity index (χ1) is 14.8. The second-order valence-electron chi connectivity index (χ2n) is 7.96. The predicted molar refractivity (Wildman–Crippen MR) is 122 cm³/mol. The van der Waals surface area contributed by atoms with Crippen molar-refractivity contribution in [2.24, 2.45) is 0 Å². The molecule has 0 spiro atoms. The standard InChI is InChI=1S/C25H30N2O4/c1-16(2)31-14-6-13-27-24(28)22(19-9-11-20(30-5)12-10-19)23(25(27)29)26-21-15-17(3)7-8-18(21)4/h7-12,15-16,26H,6,13-14H2,1-5H3. The van der Waals surface area contributed by atoms with Crippen molar-refractivity contribution in [2.75, 3.05) is 25.6 Å². The van der Waals surface area contributed by atoms with E-state index in [1.807, 2.05) is 45.9 Å². The number of anilines is 1. The van der Waals surface area contributed by atoms with Crippen LogP contribution in [0.15, 0.2) is 48.2 Å². The van der Waals surface area contributed by atoms with E-state index in [9.17, 15) is 9.59 Å². The molecule has 2 amide bonds. The van der Waals surface area contributed by atoms with E-state index in [2.05, 4.69) is 5.32 Å². The molecule has 0 aromatic heterocycles. The highest BCUT2D eigenvalue weighted by Crippen LogP contribution is 2.32. The summed E-state index contributed by atoms with van der Waals surface area (Å²) >= 11 is 0. The lowest BCUT2D eigenvalue weighted by atomic mass is 10.0. The summed E-state index contributed by atoms with van der Waals surface area (Å²) < 4.78 is 10.8. The number of carbonyl (C=O) groups is 2. The van der Waals surface area contributed by atoms with Gasteiger partial charge in [0.1, 0.15) is 11.4 Å². The molecule has 0 atom stereocenters.